The van der Waals surface area contributed by atoms with E-state index in [1.807, 2.05) is 31.3 Å². The third-order valence-corrected chi connectivity index (χ3v) is 3.14. The van der Waals surface area contributed by atoms with Crippen molar-refractivity contribution in [2.24, 2.45) is 0 Å². The molecule has 0 saturated heterocycles. The van der Waals surface area contributed by atoms with E-state index in [1.165, 1.54) is 4.90 Å². The summed E-state index contributed by atoms with van der Waals surface area (Å²) in [5.74, 6) is 0.304. The summed E-state index contributed by atoms with van der Waals surface area (Å²) < 4.78 is 10.4. The highest BCUT2D eigenvalue weighted by molar-refractivity contribution is 6.00. The van der Waals surface area contributed by atoms with Crippen molar-refractivity contribution < 1.29 is 23.9 Å². The van der Waals surface area contributed by atoms with E-state index in [9.17, 15) is 14.4 Å². The highest BCUT2D eigenvalue weighted by Gasteiger charge is 2.14. The summed E-state index contributed by atoms with van der Waals surface area (Å²) in [5, 5.41) is 1.94. The maximum atomic E-state index is 11.8. The third kappa shape index (κ3) is 7.13. The van der Waals surface area contributed by atoms with Gasteiger partial charge in [0.05, 0.1) is 14.2 Å². The lowest BCUT2D eigenvalue weighted by Gasteiger charge is -2.17. The van der Waals surface area contributed by atoms with Crippen LogP contribution in [0.4, 0.5) is 0 Å². The Bertz CT molecular complexity index is 546. The minimum atomic E-state index is -0.613. The molecule has 0 atom stereocenters. The second-order valence-corrected chi connectivity index (χ2v) is 4.62. The number of imide groups is 1. The number of carbonyl (C=O) groups excluding carboxylic acids is 3. The number of hydrogen-bond donors (Lipinski definition) is 1. The fraction of sp³-hybridized carbons (Fsp3) is 0.471. The molecular formula is C17H26N2O5. The molecule has 0 heterocycles. The van der Waals surface area contributed by atoms with Gasteiger partial charge in [-0.15, -0.1) is 0 Å². The van der Waals surface area contributed by atoms with Gasteiger partial charge in [-0.25, -0.2) is 0 Å². The summed E-state index contributed by atoms with van der Waals surface area (Å²) in [6.07, 6.45) is 0.526. The van der Waals surface area contributed by atoms with Crippen LogP contribution in [0.5, 0.6) is 11.5 Å². The molecule has 0 aliphatic heterocycles. The SMILES string of the molecule is CC.COc1ccc(CCN(C)C(=O)CC(=O)NC=O)cc1OC. The van der Waals surface area contributed by atoms with Crippen LogP contribution in [-0.4, -0.2) is 50.9 Å². The molecular weight excluding hydrogens is 312 g/mol. The lowest BCUT2D eigenvalue weighted by atomic mass is 10.1. The maximum absolute atomic E-state index is 11.8. The lowest BCUT2D eigenvalue weighted by molar-refractivity contribution is -0.135. The molecule has 3 amide bonds. The van der Waals surface area contributed by atoms with E-state index in [0.29, 0.717) is 24.5 Å². The number of amides is 3. The van der Waals surface area contributed by atoms with E-state index in [2.05, 4.69) is 0 Å². The first kappa shape index (κ1) is 21.4. The zero-order valence-corrected chi connectivity index (χ0v) is 14.9. The Morgan fingerprint density at radius 3 is 2.33 bits per heavy atom. The average molecular weight is 338 g/mol. The summed E-state index contributed by atoms with van der Waals surface area (Å²) in [6.45, 7) is 4.45. The topological polar surface area (TPSA) is 84.9 Å². The number of nitrogens with zero attached hydrogens (tertiary/aromatic N) is 1. The Kier molecular flexibility index (Phi) is 10.6. The molecule has 134 valence electrons. The van der Waals surface area contributed by atoms with Gasteiger partial charge in [0.15, 0.2) is 11.5 Å². The molecule has 24 heavy (non-hydrogen) atoms. The normalized spacial score (nSPS) is 9.21. The number of ether oxygens (including phenoxy) is 2. The minimum Gasteiger partial charge on any atom is -0.493 e. The molecule has 1 aromatic rings. The largest absolute Gasteiger partial charge is 0.493 e. The molecule has 0 unspecified atom stereocenters. The Balaban J connectivity index is 0.00000254. The van der Waals surface area contributed by atoms with Gasteiger partial charge < -0.3 is 14.4 Å². The molecule has 1 rings (SSSR count). The predicted molar refractivity (Wildman–Crippen MR) is 91.1 cm³/mol. The lowest BCUT2D eigenvalue weighted by Crippen LogP contribution is -2.34. The van der Waals surface area contributed by atoms with Crippen LogP contribution in [0.1, 0.15) is 25.8 Å². The van der Waals surface area contributed by atoms with Crippen molar-refractivity contribution in [2.45, 2.75) is 26.7 Å². The number of nitrogens with one attached hydrogen (secondary N) is 1. The van der Waals surface area contributed by atoms with Crippen LogP contribution in [-0.2, 0) is 20.8 Å². The van der Waals surface area contributed by atoms with Crippen LogP contribution in [0.15, 0.2) is 18.2 Å². The molecule has 0 radical (unpaired) electrons. The van der Waals surface area contributed by atoms with E-state index in [-0.39, 0.29) is 18.7 Å². The van der Waals surface area contributed by atoms with E-state index in [1.54, 1.807) is 27.3 Å². The summed E-state index contributed by atoms with van der Waals surface area (Å²) >= 11 is 0. The number of benzene rings is 1. The van der Waals surface area contributed by atoms with Crippen molar-refractivity contribution in [3.63, 3.8) is 0 Å². The summed E-state index contributed by atoms with van der Waals surface area (Å²) in [6, 6.07) is 5.53. The molecule has 0 bridgehead atoms. The second-order valence-electron chi connectivity index (χ2n) is 4.62. The standard InChI is InChI=1S/C15H20N2O5.C2H6/c1-17(15(20)9-14(19)16-10-18)7-6-11-4-5-12(21-2)13(8-11)22-3;1-2/h4-5,8,10H,6-7,9H2,1-3H3,(H,16,18,19);1-2H3. The van der Waals surface area contributed by atoms with Gasteiger partial charge in [0, 0.05) is 13.6 Å². The summed E-state index contributed by atoms with van der Waals surface area (Å²) in [5.41, 5.74) is 0.981. The fourth-order valence-electron chi connectivity index (χ4n) is 1.85. The molecule has 0 aliphatic carbocycles. The Morgan fingerprint density at radius 2 is 1.79 bits per heavy atom. The van der Waals surface area contributed by atoms with Crippen molar-refractivity contribution in [3.8, 4) is 11.5 Å². The first-order valence-corrected chi connectivity index (χ1v) is 7.69. The van der Waals surface area contributed by atoms with Crippen molar-refractivity contribution in [1.82, 2.24) is 10.2 Å². The smallest absolute Gasteiger partial charge is 0.235 e. The zero-order chi connectivity index (χ0) is 18.5. The molecule has 0 aromatic heterocycles. The fourth-order valence-corrected chi connectivity index (χ4v) is 1.85. The second kappa shape index (κ2) is 11.9. The number of rotatable bonds is 8. The van der Waals surface area contributed by atoms with Crippen molar-refractivity contribution in [1.29, 1.82) is 0 Å². The van der Waals surface area contributed by atoms with Crippen molar-refractivity contribution >= 4 is 18.2 Å². The minimum absolute atomic E-state index is 0.263. The van der Waals surface area contributed by atoms with Gasteiger partial charge in [-0.2, -0.15) is 0 Å². The van der Waals surface area contributed by atoms with Crippen LogP contribution in [0, 0.1) is 0 Å². The number of likely N-dealkylation sites (N-methyl/N-ethyl adjacent to an activating group) is 1. The molecule has 0 spiro atoms. The molecule has 7 heteroatoms. The number of carbonyl (C=O) groups is 3. The van der Waals surface area contributed by atoms with Crippen LogP contribution < -0.4 is 14.8 Å². The van der Waals surface area contributed by atoms with Crippen LogP contribution in [0.25, 0.3) is 0 Å². The highest BCUT2D eigenvalue weighted by atomic mass is 16.5. The van der Waals surface area contributed by atoms with E-state index >= 15 is 0 Å². The molecule has 0 fully saturated rings. The van der Waals surface area contributed by atoms with Gasteiger partial charge in [-0.1, -0.05) is 19.9 Å². The quantitative estimate of drug-likeness (QED) is 0.572. The van der Waals surface area contributed by atoms with E-state index in [0.717, 1.165) is 5.56 Å². The highest BCUT2D eigenvalue weighted by Crippen LogP contribution is 2.27. The molecule has 0 saturated carbocycles. The average Bonchev–Trinajstić information content (AvgIpc) is 2.61. The van der Waals surface area contributed by atoms with Gasteiger partial charge in [0.1, 0.15) is 6.42 Å². The Morgan fingerprint density at radius 1 is 1.17 bits per heavy atom. The van der Waals surface area contributed by atoms with Gasteiger partial charge in [-0.05, 0) is 24.1 Å². The predicted octanol–water partition coefficient (Wildman–Crippen LogP) is 1.39. The van der Waals surface area contributed by atoms with Gasteiger partial charge in [0.2, 0.25) is 18.2 Å². The van der Waals surface area contributed by atoms with Crippen LogP contribution in [0.2, 0.25) is 0 Å². The van der Waals surface area contributed by atoms with Crippen LogP contribution >= 0.6 is 0 Å². The molecule has 1 N–H and O–H groups in total. The van der Waals surface area contributed by atoms with Gasteiger partial charge in [-0.3, -0.25) is 19.7 Å². The number of hydrogen-bond acceptors (Lipinski definition) is 5. The van der Waals surface area contributed by atoms with Gasteiger partial charge in [0.25, 0.3) is 0 Å². The molecule has 0 aliphatic rings. The van der Waals surface area contributed by atoms with Crippen molar-refractivity contribution in [2.75, 3.05) is 27.8 Å². The summed E-state index contributed by atoms with van der Waals surface area (Å²) in [4.78, 5) is 34.5. The molecule has 1 aromatic carbocycles. The van der Waals surface area contributed by atoms with E-state index < -0.39 is 5.91 Å². The van der Waals surface area contributed by atoms with Crippen molar-refractivity contribution in [3.05, 3.63) is 23.8 Å². The number of methoxy groups -OCH3 is 2. The third-order valence-electron chi connectivity index (χ3n) is 3.14. The monoisotopic (exact) mass is 338 g/mol. The van der Waals surface area contributed by atoms with Crippen LogP contribution in [0.3, 0.4) is 0 Å². The van der Waals surface area contributed by atoms with Gasteiger partial charge >= 0.3 is 0 Å². The molecule has 7 nitrogen and oxygen atoms in total. The summed E-state index contributed by atoms with van der Waals surface area (Å²) in [7, 11) is 4.73. The Hall–Kier alpha value is -2.57. The maximum Gasteiger partial charge on any atom is 0.235 e. The Labute approximate surface area is 142 Å². The first-order valence-electron chi connectivity index (χ1n) is 7.69. The first-order chi connectivity index (χ1) is 11.5. The van der Waals surface area contributed by atoms with E-state index in [4.69, 9.17) is 9.47 Å². The zero-order valence-electron chi connectivity index (χ0n) is 14.9.